The zero-order chi connectivity index (χ0) is 13.7. The molecule has 6 heteroatoms. The summed E-state index contributed by atoms with van der Waals surface area (Å²) in [6.07, 6.45) is 0.681. The molecule has 0 radical (unpaired) electrons. The Morgan fingerprint density at radius 2 is 2.33 bits per heavy atom. The molecule has 1 aromatic carbocycles. The van der Waals surface area contributed by atoms with Gasteiger partial charge in [-0.3, -0.25) is 10.1 Å². The van der Waals surface area contributed by atoms with Gasteiger partial charge in [0.2, 0.25) is 5.82 Å². The number of aliphatic hydroxyl groups is 1. The lowest BCUT2D eigenvalue weighted by molar-refractivity contribution is -0.387. The lowest BCUT2D eigenvalue weighted by Gasteiger charge is -2.19. The first kappa shape index (κ1) is 14.3. The van der Waals surface area contributed by atoms with Gasteiger partial charge >= 0.3 is 5.69 Å². The maximum absolute atomic E-state index is 13.1. The average Bonchev–Trinajstić information content (AvgIpc) is 2.35. The Bertz CT molecular complexity index is 451. The van der Waals surface area contributed by atoms with Crippen LogP contribution in [0.5, 0.6) is 0 Å². The van der Waals surface area contributed by atoms with Gasteiger partial charge in [-0.15, -0.1) is 6.58 Å². The first-order valence-corrected chi connectivity index (χ1v) is 5.43. The third-order valence-electron chi connectivity index (χ3n) is 2.57. The highest BCUT2D eigenvalue weighted by Crippen LogP contribution is 2.24. The molecule has 5 nitrogen and oxygen atoms in total. The number of hydrogen-bond donors (Lipinski definition) is 2. The van der Waals surface area contributed by atoms with Gasteiger partial charge in [0.1, 0.15) is 0 Å². The topological polar surface area (TPSA) is 75.4 Å². The van der Waals surface area contributed by atoms with Crippen molar-refractivity contribution in [3.63, 3.8) is 0 Å². The van der Waals surface area contributed by atoms with Gasteiger partial charge in [0.15, 0.2) is 0 Å². The van der Waals surface area contributed by atoms with E-state index in [2.05, 4.69) is 11.9 Å². The lowest BCUT2D eigenvalue weighted by atomic mass is 10.0. The van der Waals surface area contributed by atoms with Gasteiger partial charge in [-0.1, -0.05) is 12.1 Å². The van der Waals surface area contributed by atoms with Crippen molar-refractivity contribution in [3.8, 4) is 0 Å². The first-order chi connectivity index (χ1) is 8.47. The van der Waals surface area contributed by atoms with Crippen LogP contribution in [-0.4, -0.2) is 22.6 Å². The number of halogens is 1. The summed E-state index contributed by atoms with van der Waals surface area (Å²) in [5, 5.41) is 23.5. The number of nitrogens with zero attached hydrogens (tertiary/aromatic N) is 1. The number of benzene rings is 1. The van der Waals surface area contributed by atoms with Crippen LogP contribution in [0.3, 0.4) is 0 Å². The molecule has 2 N–H and O–H groups in total. The van der Waals surface area contributed by atoms with Gasteiger partial charge < -0.3 is 10.4 Å². The van der Waals surface area contributed by atoms with Crippen LogP contribution in [-0.2, 0) is 0 Å². The minimum atomic E-state index is -0.954. The summed E-state index contributed by atoms with van der Waals surface area (Å²) in [4.78, 5) is 9.78. The Hall–Kier alpha value is -1.79. The van der Waals surface area contributed by atoms with E-state index in [9.17, 15) is 19.6 Å². The highest BCUT2D eigenvalue weighted by molar-refractivity contribution is 5.37. The molecule has 1 aromatic rings. The molecule has 0 spiro atoms. The largest absolute Gasteiger partial charge is 0.387 e. The highest BCUT2D eigenvalue weighted by Gasteiger charge is 2.21. The van der Waals surface area contributed by atoms with Crippen molar-refractivity contribution in [1.29, 1.82) is 0 Å². The van der Waals surface area contributed by atoms with E-state index in [0.717, 1.165) is 12.1 Å². The fraction of sp³-hybridized carbons (Fsp3) is 0.333. The molecule has 0 aliphatic carbocycles. The standard InChI is InChI=1S/C12H15FN2O3/c1-3-6-14-8(2)12(16)9-4-5-10(13)11(7-9)15(17)18/h3-5,7-8,12,14,16H,1,6H2,2H3. The van der Waals surface area contributed by atoms with Crippen LogP contribution in [0.2, 0.25) is 0 Å². The molecular weight excluding hydrogens is 239 g/mol. The van der Waals surface area contributed by atoms with Crippen molar-refractivity contribution in [3.05, 3.63) is 52.3 Å². The second-order valence-electron chi connectivity index (χ2n) is 3.90. The summed E-state index contributed by atoms with van der Waals surface area (Å²) in [6.45, 7) is 5.76. The number of rotatable bonds is 6. The van der Waals surface area contributed by atoms with Gasteiger partial charge in [0, 0.05) is 18.7 Å². The Morgan fingerprint density at radius 1 is 1.67 bits per heavy atom. The highest BCUT2D eigenvalue weighted by atomic mass is 19.1. The Labute approximate surface area is 104 Å². The van der Waals surface area contributed by atoms with E-state index in [0.29, 0.717) is 12.1 Å². The molecule has 0 heterocycles. The van der Waals surface area contributed by atoms with Crippen molar-refractivity contribution in [2.75, 3.05) is 6.54 Å². The predicted octanol–water partition coefficient (Wildman–Crippen LogP) is 1.93. The second-order valence-corrected chi connectivity index (χ2v) is 3.90. The van der Waals surface area contributed by atoms with E-state index >= 15 is 0 Å². The van der Waals surface area contributed by atoms with E-state index in [1.54, 1.807) is 13.0 Å². The molecule has 2 unspecified atom stereocenters. The fourth-order valence-corrected chi connectivity index (χ4v) is 1.52. The van der Waals surface area contributed by atoms with E-state index in [1.807, 2.05) is 0 Å². The smallest absolute Gasteiger partial charge is 0.305 e. The van der Waals surface area contributed by atoms with Crippen molar-refractivity contribution >= 4 is 5.69 Å². The van der Waals surface area contributed by atoms with Crippen LogP contribution >= 0.6 is 0 Å². The second kappa shape index (κ2) is 6.23. The molecule has 18 heavy (non-hydrogen) atoms. The van der Waals surface area contributed by atoms with Crippen LogP contribution in [0.1, 0.15) is 18.6 Å². The van der Waals surface area contributed by atoms with E-state index < -0.39 is 22.5 Å². The van der Waals surface area contributed by atoms with Crippen LogP contribution in [0, 0.1) is 15.9 Å². The number of nitro benzene ring substituents is 1. The van der Waals surface area contributed by atoms with E-state index in [-0.39, 0.29) is 6.04 Å². The number of hydrogen-bond acceptors (Lipinski definition) is 4. The molecule has 0 saturated heterocycles. The molecular formula is C12H15FN2O3. The van der Waals surface area contributed by atoms with Crippen LogP contribution < -0.4 is 5.32 Å². The summed E-state index contributed by atoms with van der Waals surface area (Å²) < 4.78 is 13.1. The average molecular weight is 254 g/mol. The summed E-state index contributed by atoms with van der Waals surface area (Å²) in [5.74, 6) is -0.914. The lowest BCUT2D eigenvalue weighted by Crippen LogP contribution is -2.32. The fourth-order valence-electron chi connectivity index (χ4n) is 1.52. The zero-order valence-electron chi connectivity index (χ0n) is 9.97. The molecule has 0 aliphatic heterocycles. The summed E-state index contributed by atoms with van der Waals surface area (Å²) in [5.41, 5.74) is -0.338. The Balaban J connectivity index is 2.92. The van der Waals surface area contributed by atoms with Crippen molar-refractivity contribution < 1.29 is 14.4 Å². The normalized spacial score (nSPS) is 13.9. The molecule has 1 rings (SSSR count). The van der Waals surface area contributed by atoms with Gasteiger partial charge in [-0.25, -0.2) is 0 Å². The van der Waals surface area contributed by atoms with Crippen molar-refractivity contribution in [2.24, 2.45) is 0 Å². The van der Waals surface area contributed by atoms with Crippen LogP contribution in [0.15, 0.2) is 30.9 Å². The van der Waals surface area contributed by atoms with Crippen molar-refractivity contribution in [1.82, 2.24) is 5.32 Å². The SMILES string of the molecule is C=CCNC(C)C(O)c1ccc(F)c([N+](=O)[O-])c1. The molecule has 0 fully saturated rings. The molecule has 0 aromatic heterocycles. The quantitative estimate of drug-likeness (QED) is 0.462. The number of nitro groups is 1. The molecule has 0 bridgehead atoms. The minimum absolute atomic E-state index is 0.298. The summed E-state index contributed by atoms with van der Waals surface area (Å²) >= 11 is 0. The molecule has 0 aliphatic rings. The van der Waals surface area contributed by atoms with E-state index in [1.165, 1.54) is 6.07 Å². The minimum Gasteiger partial charge on any atom is -0.387 e. The molecule has 2 atom stereocenters. The summed E-state index contributed by atoms with van der Waals surface area (Å²) in [7, 11) is 0. The third-order valence-corrected chi connectivity index (χ3v) is 2.57. The predicted molar refractivity (Wildman–Crippen MR) is 65.7 cm³/mol. The van der Waals surface area contributed by atoms with Crippen LogP contribution in [0.4, 0.5) is 10.1 Å². The maximum Gasteiger partial charge on any atom is 0.305 e. The monoisotopic (exact) mass is 254 g/mol. The first-order valence-electron chi connectivity index (χ1n) is 5.43. The molecule has 0 saturated carbocycles. The van der Waals surface area contributed by atoms with Gasteiger partial charge in [0.05, 0.1) is 11.0 Å². The summed E-state index contributed by atoms with van der Waals surface area (Å²) in [6, 6.07) is 3.04. The Kier molecular flexibility index (Phi) is 4.94. The van der Waals surface area contributed by atoms with Gasteiger partial charge in [-0.2, -0.15) is 4.39 Å². The molecule has 98 valence electrons. The maximum atomic E-state index is 13.1. The molecule has 0 amide bonds. The zero-order valence-corrected chi connectivity index (χ0v) is 9.97. The van der Waals surface area contributed by atoms with E-state index in [4.69, 9.17) is 0 Å². The number of aliphatic hydroxyl groups excluding tert-OH is 1. The Morgan fingerprint density at radius 3 is 2.89 bits per heavy atom. The third kappa shape index (κ3) is 3.35. The van der Waals surface area contributed by atoms with Crippen LogP contribution in [0.25, 0.3) is 0 Å². The van der Waals surface area contributed by atoms with Gasteiger partial charge in [-0.05, 0) is 18.6 Å². The number of nitrogens with one attached hydrogen (secondary N) is 1. The van der Waals surface area contributed by atoms with Gasteiger partial charge in [0.25, 0.3) is 0 Å². The van der Waals surface area contributed by atoms with Crippen molar-refractivity contribution in [2.45, 2.75) is 19.1 Å².